The monoisotopic (exact) mass is 363 g/mol. The molecular formula is C18H15ClFNO4. The van der Waals surface area contributed by atoms with Crippen LogP contribution in [0.1, 0.15) is 5.56 Å². The van der Waals surface area contributed by atoms with E-state index < -0.39 is 18.5 Å². The predicted octanol–water partition coefficient (Wildman–Crippen LogP) is 3.68. The van der Waals surface area contributed by atoms with Crippen LogP contribution in [0, 0.1) is 5.82 Å². The van der Waals surface area contributed by atoms with Crippen molar-refractivity contribution in [3.8, 4) is 5.75 Å². The molecule has 0 saturated carbocycles. The summed E-state index contributed by atoms with van der Waals surface area (Å²) in [7, 11) is 1.46. The fourth-order valence-electron chi connectivity index (χ4n) is 1.89. The van der Waals surface area contributed by atoms with Crippen LogP contribution >= 0.6 is 11.6 Å². The summed E-state index contributed by atoms with van der Waals surface area (Å²) in [5.74, 6) is -1.17. The van der Waals surface area contributed by atoms with E-state index >= 15 is 0 Å². The number of methoxy groups -OCH3 is 1. The van der Waals surface area contributed by atoms with Crippen molar-refractivity contribution in [2.75, 3.05) is 19.0 Å². The van der Waals surface area contributed by atoms with Crippen LogP contribution in [0.15, 0.2) is 48.5 Å². The van der Waals surface area contributed by atoms with Crippen molar-refractivity contribution >= 4 is 35.2 Å². The average molecular weight is 364 g/mol. The number of hydrogen-bond donors (Lipinski definition) is 1. The molecule has 7 heteroatoms. The van der Waals surface area contributed by atoms with Gasteiger partial charge in [0.1, 0.15) is 11.6 Å². The number of esters is 1. The largest absolute Gasteiger partial charge is 0.495 e. The number of carbonyl (C=O) groups is 2. The van der Waals surface area contributed by atoms with Crippen LogP contribution in [-0.4, -0.2) is 25.6 Å². The summed E-state index contributed by atoms with van der Waals surface area (Å²) in [6.45, 7) is -0.470. The SMILES string of the molecule is COc1ccc(Cl)cc1NC(=O)COC(=O)/C=C/c1ccc(F)cc1. The van der Waals surface area contributed by atoms with Gasteiger partial charge in [-0.15, -0.1) is 0 Å². The number of rotatable bonds is 6. The molecule has 0 bridgehead atoms. The molecule has 0 radical (unpaired) electrons. The predicted molar refractivity (Wildman–Crippen MR) is 93.0 cm³/mol. The van der Waals surface area contributed by atoms with Crippen molar-refractivity contribution in [2.24, 2.45) is 0 Å². The Kier molecular flexibility index (Phi) is 6.54. The summed E-state index contributed by atoms with van der Waals surface area (Å²) < 4.78 is 22.7. The summed E-state index contributed by atoms with van der Waals surface area (Å²) in [6.07, 6.45) is 2.61. The number of amides is 1. The zero-order valence-electron chi connectivity index (χ0n) is 13.3. The lowest BCUT2D eigenvalue weighted by Crippen LogP contribution is -2.20. The van der Waals surface area contributed by atoms with E-state index in [1.54, 1.807) is 12.1 Å². The maximum atomic E-state index is 12.8. The van der Waals surface area contributed by atoms with Gasteiger partial charge in [0.25, 0.3) is 5.91 Å². The highest BCUT2D eigenvalue weighted by atomic mass is 35.5. The topological polar surface area (TPSA) is 64.6 Å². The van der Waals surface area contributed by atoms with Gasteiger partial charge in [-0.25, -0.2) is 9.18 Å². The van der Waals surface area contributed by atoms with E-state index in [0.717, 1.165) is 6.08 Å². The first-order chi connectivity index (χ1) is 12.0. The summed E-state index contributed by atoms with van der Waals surface area (Å²) in [6, 6.07) is 10.3. The van der Waals surface area contributed by atoms with Crippen molar-refractivity contribution in [3.63, 3.8) is 0 Å². The molecule has 25 heavy (non-hydrogen) atoms. The molecule has 0 heterocycles. The van der Waals surface area contributed by atoms with Gasteiger partial charge < -0.3 is 14.8 Å². The molecule has 0 fully saturated rings. The Morgan fingerprint density at radius 2 is 1.92 bits per heavy atom. The van der Waals surface area contributed by atoms with E-state index in [1.807, 2.05) is 0 Å². The highest BCUT2D eigenvalue weighted by Gasteiger charge is 2.10. The number of benzene rings is 2. The Bertz CT molecular complexity index is 790. The third-order valence-electron chi connectivity index (χ3n) is 3.06. The molecule has 1 N–H and O–H groups in total. The highest BCUT2D eigenvalue weighted by molar-refractivity contribution is 6.31. The van der Waals surface area contributed by atoms with E-state index in [0.29, 0.717) is 22.0 Å². The van der Waals surface area contributed by atoms with Crippen LogP contribution in [-0.2, 0) is 14.3 Å². The minimum absolute atomic E-state index is 0.368. The smallest absolute Gasteiger partial charge is 0.331 e. The van der Waals surface area contributed by atoms with Crippen LogP contribution in [0.5, 0.6) is 5.75 Å². The maximum absolute atomic E-state index is 12.8. The van der Waals surface area contributed by atoms with Gasteiger partial charge in [0.05, 0.1) is 12.8 Å². The summed E-state index contributed by atoms with van der Waals surface area (Å²) in [4.78, 5) is 23.5. The molecule has 0 aliphatic rings. The van der Waals surface area contributed by atoms with Gasteiger partial charge in [0.15, 0.2) is 6.61 Å². The van der Waals surface area contributed by atoms with Gasteiger partial charge in [-0.05, 0) is 42.0 Å². The van der Waals surface area contributed by atoms with Gasteiger partial charge in [0, 0.05) is 11.1 Å². The number of halogens is 2. The van der Waals surface area contributed by atoms with Crippen molar-refractivity contribution < 1.29 is 23.5 Å². The molecule has 0 atom stereocenters. The quantitative estimate of drug-likeness (QED) is 0.628. The summed E-state index contributed by atoms with van der Waals surface area (Å²) in [5, 5.41) is 2.97. The fourth-order valence-corrected chi connectivity index (χ4v) is 2.06. The minimum Gasteiger partial charge on any atom is -0.495 e. The minimum atomic E-state index is -0.697. The van der Waals surface area contributed by atoms with Crippen LogP contribution in [0.4, 0.5) is 10.1 Å². The summed E-state index contributed by atoms with van der Waals surface area (Å²) >= 11 is 5.87. The van der Waals surface area contributed by atoms with E-state index in [2.05, 4.69) is 5.32 Å². The molecule has 0 saturated heterocycles. The molecule has 2 aromatic rings. The lowest BCUT2D eigenvalue weighted by atomic mass is 10.2. The van der Waals surface area contributed by atoms with Crippen LogP contribution in [0.25, 0.3) is 6.08 Å². The molecule has 2 aromatic carbocycles. The standard InChI is InChI=1S/C18H15ClFNO4/c1-24-16-8-5-13(19)10-15(16)21-17(22)11-25-18(23)9-4-12-2-6-14(20)7-3-12/h2-10H,11H2,1H3,(H,21,22)/b9-4+. The number of carbonyl (C=O) groups excluding carboxylic acids is 2. The van der Waals surface area contributed by atoms with E-state index in [9.17, 15) is 14.0 Å². The van der Waals surface area contributed by atoms with Gasteiger partial charge in [-0.1, -0.05) is 23.7 Å². The first kappa shape index (κ1) is 18.5. The molecule has 2 rings (SSSR count). The Labute approximate surface area is 149 Å². The lowest BCUT2D eigenvalue weighted by molar-refractivity contribution is -0.142. The van der Waals surface area contributed by atoms with Crippen LogP contribution in [0.3, 0.4) is 0 Å². The van der Waals surface area contributed by atoms with Gasteiger partial charge in [0.2, 0.25) is 0 Å². The molecular weight excluding hydrogens is 349 g/mol. The van der Waals surface area contributed by atoms with Gasteiger partial charge in [-0.3, -0.25) is 4.79 Å². The van der Waals surface area contributed by atoms with E-state index in [1.165, 1.54) is 43.5 Å². The fraction of sp³-hybridized carbons (Fsp3) is 0.111. The molecule has 0 aliphatic heterocycles. The van der Waals surface area contributed by atoms with Crippen molar-refractivity contribution in [1.29, 1.82) is 0 Å². The van der Waals surface area contributed by atoms with E-state index in [4.69, 9.17) is 21.1 Å². The molecule has 0 aromatic heterocycles. The highest BCUT2D eigenvalue weighted by Crippen LogP contribution is 2.27. The third-order valence-corrected chi connectivity index (χ3v) is 3.30. The summed E-state index contributed by atoms with van der Waals surface area (Å²) in [5.41, 5.74) is 1.00. The lowest BCUT2D eigenvalue weighted by Gasteiger charge is -2.10. The Morgan fingerprint density at radius 3 is 2.60 bits per heavy atom. The second kappa shape index (κ2) is 8.84. The molecule has 130 valence electrons. The molecule has 0 aliphatic carbocycles. The average Bonchev–Trinajstić information content (AvgIpc) is 2.59. The molecule has 5 nitrogen and oxygen atoms in total. The van der Waals surface area contributed by atoms with Crippen molar-refractivity contribution in [2.45, 2.75) is 0 Å². The first-order valence-corrected chi connectivity index (χ1v) is 7.59. The van der Waals surface area contributed by atoms with Gasteiger partial charge >= 0.3 is 5.97 Å². The Morgan fingerprint density at radius 1 is 1.20 bits per heavy atom. The molecule has 1 amide bonds. The zero-order chi connectivity index (χ0) is 18.2. The second-order valence-electron chi connectivity index (χ2n) is 4.89. The Hall–Kier alpha value is -2.86. The Balaban J connectivity index is 1.86. The number of hydrogen-bond acceptors (Lipinski definition) is 4. The molecule has 0 unspecified atom stereocenters. The third kappa shape index (κ3) is 5.93. The second-order valence-corrected chi connectivity index (χ2v) is 5.32. The van der Waals surface area contributed by atoms with Crippen molar-refractivity contribution in [1.82, 2.24) is 0 Å². The number of nitrogens with one attached hydrogen (secondary N) is 1. The first-order valence-electron chi connectivity index (χ1n) is 7.22. The van der Waals surface area contributed by atoms with E-state index in [-0.39, 0.29) is 5.82 Å². The van der Waals surface area contributed by atoms with Gasteiger partial charge in [-0.2, -0.15) is 0 Å². The number of anilines is 1. The number of ether oxygens (including phenoxy) is 2. The van der Waals surface area contributed by atoms with Crippen LogP contribution in [0.2, 0.25) is 5.02 Å². The van der Waals surface area contributed by atoms with Crippen LogP contribution < -0.4 is 10.1 Å². The molecule has 0 spiro atoms. The maximum Gasteiger partial charge on any atom is 0.331 e. The normalized spacial score (nSPS) is 10.5. The zero-order valence-corrected chi connectivity index (χ0v) is 14.0. The van der Waals surface area contributed by atoms with Crippen molar-refractivity contribution in [3.05, 3.63) is 64.9 Å².